The van der Waals surface area contributed by atoms with E-state index in [0.29, 0.717) is 11.7 Å². The second kappa shape index (κ2) is 6.74. The van der Waals surface area contributed by atoms with Crippen LogP contribution in [0.2, 0.25) is 0 Å². The molecule has 0 fully saturated rings. The smallest absolute Gasteiger partial charge is 0.188 e. The Labute approximate surface area is 124 Å². The lowest BCUT2D eigenvalue weighted by molar-refractivity contribution is 0.318. The van der Waals surface area contributed by atoms with E-state index in [-0.39, 0.29) is 5.84 Å². The Morgan fingerprint density at radius 3 is 2.48 bits per heavy atom. The molecule has 0 aliphatic heterocycles. The molecule has 21 heavy (non-hydrogen) atoms. The van der Waals surface area contributed by atoms with E-state index in [2.05, 4.69) is 41.0 Å². The quantitative estimate of drug-likeness (QED) is 0.383. The number of amidine groups is 1. The maximum atomic E-state index is 8.66. The molecule has 5 heteroatoms. The molecule has 0 atom stereocenters. The van der Waals surface area contributed by atoms with Gasteiger partial charge in [-0.25, -0.2) is 0 Å². The molecule has 2 aromatic rings. The molecule has 1 heterocycles. The fourth-order valence-electron chi connectivity index (χ4n) is 2.11. The highest BCUT2D eigenvalue weighted by Crippen LogP contribution is 2.19. The zero-order chi connectivity index (χ0) is 15.2. The van der Waals surface area contributed by atoms with Crippen LogP contribution in [0, 0.1) is 0 Å². The molecule has 0 aliphatic rings. The maximum absolute atomic E-state index is 8.66. The number of benzene rings is 1. The minimum Gasteiger partial charge on any atom is -0.409 e. The Balaban J connectivity index is 2.22. The number of aromatic nitrogens is 1. The predicted molar refractivity (Wildman–Crippen MR) is 84.5 cm³/mol. The van der Waals surface area contributed by atoms with Crippen LogP contribution in [0.4, 0.5) is 5.69 Å². The van der Waals surface area contributed by atoms with Crippen molar-refractivity contribution >= 4 is 11.5 Å². The Bertz CT molecular complexity index is 593. The molecule has 1 aromatic carbocycles. The Morgan fingerprint density at radius 2 is 1.95 bits per heavy atom. The third-order valence-electron chi connectivity index (χ3n) is 3.27. The third-order valence-corrected chi connectivity index (χ3v) is 3.27. The lowest BCUT2D eigenvalue weighted by Crippen LogP contribution is -2.30. The third kappa shape index (κ3) is 3.72. The summed E-state index contributed by atoms with van der Waals surface area (Å²) in [6.07, 6.45) is 1.75. The molecule has 0 aliphatic carbocycles. The minimum absolute atomic E-state index is 0.0145. The van der Waals surface area contributed by atoms with Crippen LogP contribution in [0.15, 0.2) is 53.8 Å². The molecular weight excluding hydrogens is 264 g/mol. The van der Waals surface area contributed by atoms with Gasteiger partial charge in [0.1, 0.15) is 5.69 Å². The number of pyridine rings is 1. The number of anilines is 1. The summed E-state index contributed by atoms with van der Waals surface area (Å²) < 4.78 is 0. The molecule has 110 valence electrons. The van der Waals surface area contributed by atoms with Gasteiger partial charge in [0.15, 0.2) is 5.84 Å². The highest BCUT2D eigenvalue weighted by atomic mass is 16.4. The first-order valence-electron chi connectivity index (χ1n) is 6.86. The van der Waals surface area contributed by atoms with E-state index < -0.39 is 0 Å². The lowest BCUT2D eigenvalue weighted by atomic mass is 10.1. The van der Waals surface area contributed by atoms with Crippen molar-refractivity contribution in [1.29, 1.82) is 0 Å². The van der Waals surface area contributed by atoms with Gasteiger partial charge in [-0.3, -0.25) is 4.98 Å². The van der Waals surface area contributed by atoms with Gasteiger partial charge in [-0.15, -0.1) is 0 Å². The van der Waals surface area contributed by atoms with Crippen LogP contribution in [0.25, 0.3) is 0 Å². The minimum atomic E-state index is 0.0145. The summed E-state index contributed by atoms with van der Waals surface area (Å²) in [7, 11) is 0. The van der Waals surface area contributed by atoms with Crippen molar-refractivity contribution in [2.45, 2.75) is 26.4 Å². The van der Waals surface area contributed by atoms with Crippen molar-refractivity contribution in [3.05, 3.63) is 59.9 Å². The normalized spacial score (nSPS) is 11.7. The number of nitrogens with two attached hydrogens (primary N) is 1. The van der Waals surface area contributed by atoms with Gasteiger partial charge >= 0.3 is 0 Å². The van der Waals surface area contributed by atoms with Crippen molar-refractivity contribution in [2.75, 3.05) is 4.90 Å². The van der Waals surface area contributed by atoms with Gasteiger partial charge in [-0.1, -0.05) is 35.5 Å². The summed E-state index contributed by atoms with van der Waals surface area (Å²) in [5.41, 5.74) is 8.24. The van der Waals surface area contributed by atoms with Crippen molar-refractivity contribution < 1.29 is 5.21 Å². The summed E-state index contributed by atoms with van der Waals surface area (Å²) in [5, 5.41) is 11.6. The average Bonchev–Trinajstić information content (AvgIpc) is 2.53. The van der Waals surface area contributed by atoms with Crippen LogP contribution in [-0.2, 0) is 6.54 Å². The fourth-order valence-corrected chi connectivity index (χ4v) is 2.11. The number of nitrogens with zero attached hydrogens (tertiary/aromatic N) is 3. The molecule has 0 radical (unpaired) electrons. The van der Waals surface area contributed by atoms with Crippen molar-refractivity contribution in [2.24, 2.45) is 10.9 Å². The average molecular weight is 284 g/mol. The molecule has 0 bridgehead atoms. The zero-order valence-electron chi connectivity index (χ0n) is 12.3. The van der Waals surface area contributed by atoms with Crippen LogP contribution >= 0.6 is 0 Å². The van der Waals surface area contributed by atoms with E-state index in [0.717, 1.165) is 12.2 Å². The zero-order valence-corrected chi connectivity index (χ0v) is 12.3. The second-order valence-corrected chi connectivity index (χ2v) is 5.09. The largest absolute Gasteiger partial charge is 0.409 e. The molecule has 0 saturated heterocycles. The molecule has 1 aromatic heterocycles. The molecular formula is C16H20N4O. The van der Waals surface area contributed by atoms with Gasteiger partial charge < -0.3 is 15.8 Å². The standard InChI is InChI=1S/C16H20N4O/c1-12(2)20(11-13-6-4-3-5-7-13)14-8-9-15(18-10-14)16(17)19-21/h3-10,12,21H,11H2,1-2H3,(H2,17,19). The summed E-state index contributed by atoms with van der Waals surface area (Å²) in [4.78, 5) is 6.49. The summed E-state index contributed by atoms with van der Waals surface area (Å²) >= 11 is 0. The van der Waals surface area contributed by atoms with Crippen LogP contribution in [0.5, 0.6) is 0 Å². The van der Waals surface area contributed by atoms with Gasteiger partial charge in [-0.05, 0) is 31.5 Å². The highest BCUT2D eigenvalue weighted by Gasteiger charge is 2.12. The van der Waals surface area contributed by atoms with Crippen molar-refractivity contribution in [1.82, 2.24) is 4.98 Å². The second-order valence-electron chi connectivity index (χ2n) is 5.09. The lowest BCUT2D eigenvalue weighted by Gasteiger charge is -2.29. The van der Waals surface area contributed by atoms with E-state index in [1.165, 1.54) is 5.56 Å². The molecule has 3 N–H and O–H groups in total. The first kappa shape index (κ1) is 14.8. The Morgan fingerprint density at radius 1 is 1.24 bits per heavy atom. The van der Waals surface area contributed by atoms with Gasteiger partial charge in [0.05, 0.1) is 11.9 Å². The number of oxime groups is 1. The maximum Gasteiger partial charge on any atom is 0.188 e. The first-order valence-corrected chi connectivity index (χ1v) is 6.86. The topological polar surface area (TPSA) is 74.7 Å². The van der Waals surface area contributed by atoms with Gasteiger partial charge in [0.2, 0.25) is 0 Å². The Kier molecular flexibility index (Phi) is 4.77. The SMILES string of the molecule is CC(C)N(Cc1ccccc1)c1ccc(/C(N)=N/O)nc1. The van der Waals surface area contributed by atoms with E-state index in [1.54, 1.807) is 12.3 Å². The first-order chi connectivity index (χ1) is 10.1. The fraction of sp³-hybridized carbons (Fsp3) is 0.250. The van der Waals surface area contributed by atoms with Gasteiger partial charge in [0, 0.05) is 12.6 Å². The van der Waals surface area contributed by atoms with E-state index in [4.69, 9.17) is 10.9 Å². The van der Waals surface area contributed by atoms with Crippen molar-refractivity contribution in [3.8, 4) is 0 Å². The van der Waals surface area contributed by atoms with Gasteiger partial charge in [0.25, 0.3) is 0 Å². The molecule has 0 unspecified atom stereocenters. The molecule has 0 spiro atoms. The van der Waals surface area contributed by atoms with E-state index >= 15 is 0 Å². The van der Waals surface area contributed by atoms with Crippen molar-refractivity contribution in [3.63, 3.8) is 0 Å². The van der Waals surface area contributed by atoms with E-state index in [9.17, 15) is 0 Å². The number of hydrogen-bond donors (Lipinski definition) is 2. The monoisotopic (exact) mass is 284 g/mol. The van der Waals surface area contributed by atoms with Crippen LogP contribution in [0.3, 0.4) is 0 Å². The summed E-state index contributed by atoms with van der Waals surface area (Å²) in [6, 6.07) is 14.3. The highest BCUT2D eigenvalue weighted by molar-refractivity contribution is 5.95. The Hall–Kier alpha value is -2.56. The summed E-state index contributed by atoms with van der Waals surface area (Å²) in [6.45, 7) is 5.09. The van der Waals surface area contributed by atoms with Crippen LogP contribution in [-0.4, -0.2) is 22.1 Å². The summed E-state index contributed by atoms with van der Waals surface area (Å²) in [5.74, 6) is 0.0145. The van der Waals surface area contributed by atoms with Crippen LogP contribution in [0.1, 0.15) is 25.1 Å². The predicted octanol–water partition coefficient (Wildman–Crippen LogP) is 2.59. The van der Waals surface area contributed by atoms with E-state index in [1.807, 2.05) is 24.3 Å². The molecule has 0 saturated carbocycles. The molecule has 2 rings (SSSR count). The molecule has 0 amide bonds. The molecule has 5 nitrogen and oxygen atoms in total. The number of hydrogen-bond acceptors (Lipinski definition) is 4. The van der Waals surface area contributed by atoms with Gasteiger partial charge in [-0.2, -0.15) is 0 Å². The number of rotatable bonds is 5. The van der Waals surface area contributed by atoms with Crippen LogP contribution < -0.4 is 10.6 Å².